The van der Waals surface area contributed by atoms with Gasteiger partial charge in [0.25, 0.3) is 5.56 Å². The summed E-state index contributed by atoms with van der Waals surface area (Å²) in [7, 11) is 0. The minimum atomic E-state index is -0.714. The quantitative estimate of drug-likeness (QED) is 0.447. The van der Waals surface area contributed by atoms with E-state index in [2.05, 4.69) is 10.3 Å². The number of carbonyl (C=O) groups is 2. The summed E-state index contributed by atoms with van der Waals surface area (Å²) >= 11 is 1.82. The van der Waals surface area contributed by atoms with Crippen molar-refractivity contribution in [1.29, 1.82) is 0 Å². The topological polar surface area (TPSA) is 119 Å². The van der Waals surface area contributed by atoms with Crippen molar-refractivity contribution in [3.63, 3.8) is 0 Å². The number of esters is 1. The molecule has 1 aromatic rings. The summed E-state index contributed by atoms with van der Waals surface area (Å²) in [5, 5.41) is 2.76. The van der Waals surface area contributed by atoms with Crippen LogP contribution < -0.4 is 16.6 Å². The lowest BCUT2D eigenvalue weighted by atomic mass is 10.1. The number of nitrogens with one attached hydrogen (secondary N) is 2. The minimum absolute atomic E-state index is 0.147. The molecule has 27 heavy (non-hydrogen) atoms. The first-order valence-electron chi connectivity index (χ1n) is 8.74. The van der Waals surface area contributed by atoms with E-state index in [0.717, 1.165) is 0 Å². The van der Waals surface area contributed by atoms with E-state index in [9.17, 15) is 19.2 Å². The van der Waals surface area contributed by atoms with E-state index in [0.29, 0.717) is 3.57 Å². The molecule has 0 bridgehead atoms. The molecule has 0 unspecified atom stereocenters. The third-order valence-corrected chi connectivity index (χ3v) is 4.92. The Labute approximate surface area is 170 Å². The Morgan fingerprint density at radius 2 is 2.00 bits per heavy atom. The molecule has 1 saturated heterocycles. The van der Waals surface area contributed by atoms with E-state index >= 15 is 0 Å². The van der Waals surface area contributed by atoms with Crippen LogP contribution in [0.4, 0.5) is 0 Å². The Morgan fingerprint density at radius 3 is 2.59 bits per heavy atom. The molecule has 9 nitrogen and oxygen atoms in total. The Kier molecular flexibility index (Phi) is 7.20. The number of hydrogen-bond acceptors (Lipinski definition) is 6. The Balaban J connectivity index is 2.21. The molecule has 0 saturated carbocycles. The number of aromatic nitrogens is 2. The molecule has 3 atom stereocenters. The highest BCUT2D eigenvalue weighted by Crippen LogP contribution is 2.30. The van der Waals surface area contributed by atoms with E-state index in [1.807, 2.05) is 22.6 Å². The molecule has 1 fully saturated rings. The molecule has 2 N–H and O–H groups in total. The van der Waals surface area contributed by atoms with Crippen molar-refractivity contribution >= 4 is 34.5 Å². The average Bonchev–Trinajstić information content (AvgIpc) is 2.98. The summed E-state index contributed by atoms with van der Waals surface area (Å²) in [6.07, 6.45) is -0.287. The average molecular weight is 493 g/mol. The van der Waals surface area contributed by atoms with Gasteiger partial charge in [-0.15, -0.1) is 0 Å². The van der Waals surface area contributed by atoms with Crippen molar-refractivity contribution in [2.24, 2.45) is 11.8 Å². The Hall–Kier alpha value is -1.69. The number of halogens is 1. The van der Waals surface area contributed by atoms with Crippen LogP contribution in [0.2, 0.25) is 0 Å². The number of carbonyl (C=O) groups excluding carboxylic acids is 2. The van der Waals surface area contributed by atoms with Gasteiger partial charge in [0.1, 0.15) is 18.4 Å². The molecular weight excluding hydrogens is 469 g/mol. The molecule has 0 aliphatic carbocycles. The third-order valence-electron chi connectivity index (χ3n) is 4.16. The number of ether oxygens (including phenoxy) is 2. The highest BCUT2D eigenvalue weighted by atomic mass is 127. The van der Waals surface area contributed by atoms with Gasteiger partial charge in [0.2, 0.25) is 5.91 Å². The molecule has 0 radical (unpaired) electrons. The molecule has 0 spiro atoms. The predicted molar refractivity (Wildman–Crippen MR) is 105 cm³/mol. The van der Waals surface area contributed by atoms with Crippen molar-refractivity contribution in [3.05, 3.63) is 30.6 Å². The molecule has 2 rings (SSSR count). The van der Waals surface area contributed by atoms with Gasteiger partial charge in [-0.3, -0.25) is 23.9 Å². The van der Waals surface area contributed by atoms with E-state index in [1.54, 1.807) is 27.7 Å². The van der Waals surface area contributed by atoms with Gasteiger partial charge in [-0.25, -0.2) is 4.79 Å². The zero-order valence-electron chi connectivity index (χ0n) is 15.7. The standard InChI is InChI=1S/C17H24IN3O6/c1-8(2)14(22)19-6-12-11(27-16(24)9(3)4)5-13(26-12)21-7-10(18)15(23)20-17(21)25/h7-9,11-13H,5-6H2,1-4H3,(H,19,22)(H,20,23,25)/t11-,12+,13+/m0/s1. The largest absolute Gasteiger partial charge is 0.459 e. The van der Waals surface area contributed by atoms with Crippen LogP contribution in [0.15, 0.2) is 15.8 Å². The van der Waals surface area contributed by atoms with Gasteiger partial charge in [-0.2, -0.15) is 0 Å². The Morgan fingerprint density at radius 1 is 1.33 bits per heavy atom. The third kappa shape index (κ3) is 5.41. The van der Waals surface area contributed by atoms with Gasteiger partial charge in [0, 0.05) is 25.1 Å². The molecule has 150 valence electrons. The maximum absolute atomic E-state index is 12.1. The summed E-state index contributed by atoms with van der Waals surface area (Å²) in [4.78, 5) is 49.8. The lowest BCUT2D eigenvalue weighted by Gasteiger charge is -2.20. The van der Waals surface area contributed by atoms with Crippen LogP contribution in [0.1, 0.15) is 40.3 Å². The molecule has 1 amide bonds. The molecule has 10 heteroatoms. The smallest absolute Gasteiger partial charge is 0.330 e. The minimum Gasteiger partial charge on any atom is -0.459 e. The zero-order chi connectivity index (χ0) is 20.3. The summed E-state index contributed by atoms with van der Waals surface area (Å²) in [5.41, 5.74) is -1.08. The maximum atomic E-state index is 12.1. The van der Waals surface area contributed by atoms with E-state index in [-0.39, 0.29) is 36.7 Å². The molecular formula is C17H24IN3O6. The molecule has 1 aliphatic heterocycles. The van der Waals surface area contributed by atoms with Crippen molar-refractivity contribution in [2.45, 2.75) is 52.6 Å². The second kappa shape index (κ2) is 9.00. The Bertz CT molecular complexity index is 816. The number of aromatic amines is 1. The highest BCUT2D eigenvalue weighted by Gasteiger charge is 2.40. The van der Waals surface area contributed by atoms with Crippen LogP contribution in [0.5, 0.6) is 0 Å². The van der Waals surface area contributed by atoms with Gasteiger partial charge < -0.3 is 14.8 Å². The number of amides is 1. The second-order valence-electron chi connectivity index (χ2n) is 7.04. The monoisotopic (exact) mass is 493 g/mol. The maximum Gasteiger partial charge on any atom is 0.330 e. The van der Waals surface area contributed by atoms with Crippen molar-refractivity contribution in [1.82, 2.24) is 14.9 Å². The van der Waals surface area contributed by atoms with Crippen LogP contribution in [0.25, 0.3) is 0 Å². The first kappa shape index (κ1) is 21.6. The fourth-order valence-electron chi connectivity index (χ4n) is 2.54. The number of H-pyrrole nitrogens is 1. The van der Waals surface area contributed by atoms with Crippen LogP contribution >= 0.6 is 22.6 Å². The van der Waals surface area contributed by atoms with Crippen LogP contribution in [-0.2, 0) is 19.1 Å². The zero-order valence-corrected chi connectivity index (χ0v) is 17.8. The van der Waals surface area contributed by atoms with Crippen LogP contribution in [0.3, 0.4) is 0 Å². The van der Waals surface area contributed by atoms with Gasteiger partial charge in [-0.05, 0) is 22.6 Å². The summed E-state index contributed by atoms with van der Waals surface area (Å²) in [6.45, 7) is 7.14. The van der Waals surface area contributed by atoms with E-state index in [4.69, 9.17) is 9.47 Å². The van der Waals surface area contributed by atoms with Crippen molar-refractivity contribution in [3.8, 4) is 0 Å². The van der Waals surface area contributed by atoms with Crippen molar-refractivity contribution < 1.29 is 19.1 Å². The van der Waals surface area contributed by atoms with Crippen molar-refractivity contribution in [2.75, 3.05) is 6.54 Å². The molecule has 1 aromatic heterocycles. The van der Waals surface area contributed by atoms with Gasteiger partial charge in [-0.1, -0.05) is 27.7 Å². The van der Waals surface area contributed by atoms with Gasteiger partial charge in [0.15, 0.2) is 0 Å². The lowest BCUT2D eigenvalue weighted by molar-refractivity contribution is -0.155. The first-order chi connectivity index (χ1) is 12.6. The SMILES string of the molecule is CC(C)C(=O)NC[C@H]1O[C@@H](n2cc(I)c(=O)[nH]c2=O)C[C@@H]1OC(=O)C(C)C. The van der Waals surface area contributed by atoms with Crippen LogP contribution in [0, 0.1) is 15.4 Å². The molecule has 1 aliphatic rings. The van der Waals surface area contributed by atoms with Crippen LogP contribution in [-0.4, -0.2) is 40.2 Å². The number of hydrogen-bond donors (Lipinski definition) is 2. The first-order valence-corrected chi connectivity index (χ1v) is 9.82. The predicted octanol–water partition coefficient (Wildman–Crippen LogP) is 0.769. The molecule has 2 heterocycles. The number of rotatable bonds is 6. The summed E-state index contributed by atoms with van der Waals surface area (Å²) < 4.78 is 13.0. The summed E-state index contributed by atoms with van der Waals surface area (Å²) in [6, 6.07) is 0. The van der Waals surface area contributed by atoms with Gasteiger partial charge >= 0.3 is 11.7 Å². The molecule has 0 aromatic carbocycles. The van der Waals surface area contributed by atoms with Gasteiger partial charge in [0.05, 0.1) is 9.49 Å². The fraction of sp³-hybridized carbons (Fsp3) is 0.647. The lowest BCUT2D eigenvalue weighted by Crippen LogP contribution is -2.40. The summed E-state index contributed by atoms with van der Waals surface area (Å²) in [5.74, 6) is -1.03. The number of nitrogens with zero attached hydrogens (tertiary/aromatic N) is 1. The van der Waals surface area contributed by atoms with E-state index in [1.165, 1.54) is 10.8 Å². The second-order valence-corrected chi connectivity index (χ2v) is 8.20. The fourth-order valence-corrected chi connectivity index (χ4v) is 2.98. The normalized spacial score (nSPS) is 22.3. The highest BCUT2D eigenvalue weighted by molar-refractivity contribution is 14.1. The van der Waals surface area contributed by atoms with E-state index < -0.39 is 29.7 Å².